The summed E-state index contributed by atoms with van der Waals surface area (Å²) in [6.45, 7) is 0. The van der Waals surface area contributed by atoms with Crippen LogP contribution >= 0.6 is 0 Å². The number of nitrogens with zero attached hydrogens (tertiary/aromatic N) is 2. The third-order valence-electron chi connectivity index (χ3n) is 8.51. The molecule has 3 aromatic heterocycles. The molecule has 0 saturated heterocycles. The zero-order chi connectivity index (χ0) is 30.0. The van der Waals surface area contributed by atoms with E-state index in [1.54, 1.807) is 0 Å². The van der Waals surface area contributed by atoms with E-state index >= 15 is 0 Å². The maximum absolute atomic E-state index is 2.33. The number of allylic oxidation sites excluding steroid dienone is 4. The molecule has 4 heterocycles. The summed E-state index contributed by atoms with van der Waals surface area (Å²) >= 11 is 0. The second-order valence-corrected chi connectivity index (χ2v) is 11.2. The van der Waals surface area contributed by atoms with Crippen molar-refractivity contribution in [2.24, 2.45) is 0 Å². The predicted molar refractivity (Wildman–Crippen MR) is 187 cm³/mol. The molecule has 0 fully saturated rings. The summed E-state index contributed by atoms with van der Waals surface area (Å²) in [6.07, 6.45) is 11.1. The number of hydrogen-bond donors (Lipinski definition) is 0. The van der Waals surface area contributed by atoms with Crippen LogP contribution in [0.5, 0.6) is 0 Å². The number of rotatable bonds is 6. The molecule has 0 N–H and O–H groups in total. The average molecular weight is 576 g/mol. The molecule has 212 valence electrons. The SMILES string of the molecule is C(=Cc1c(-c2ccccc2)c(-c2ccccc2)n2ccccc12)C=C1C(c2ccccc2)=C(c2ccccc2)[n+]2ccccc21. The fourth-order valence-corrected chi connectivity index (χ4v) is 6.60. The van der Waals surface area contributed by atoms with E-state index in [0.29, 0.717) is 0 Å². The van der Waals surface area contributed by atoms with Crippen LogP contribution in [0.25, 0.3) is 50.8 Å². The van der Waals surface area contributed by atoms with Gasteiger partial charge in [-0.1, -0.05) is 127 Å². The highest BCUT2D eigenvalue weighted by molar-refractivity contribution is 6.15. The number of fused-ring (bicyclic) bond motifs is 2. The van der Waals surface area contributed by atoms with Gasteiger partial charge in [0.25, 0.3) is 0 Å². The van der Waals surface area contributed by atoms with E-state index in [1.165, 1.54) is 67.1 Å². The number of benzene rings is 4. The van der Waals surface area contributed by atoms with Crippen LogP contribution in [0.3, 0.4) is 0 Å². The van der Waals surface area contributed by atoms with Gasteiger partial charge in [-0.2, -0.15) is 4.57 Å². The number of hydrogen-bond acceptors (Lipinski definition) is 0. The monoisotopic (exact) mass is 575 g/mol. The first kappa shape index (κ1) is 26.6. The quantitative estimate of drug-likeness (QED) is 0.174. The van der Waals surface area contributed by atoms with Gasteiger partial charge >= 0.3 is 0 Å². The maximum Gasteiger partial charge on any atom is 0.227 e. The van der Waals surface area contributed by atoms with Gasteiger partial charge in [-0.25, -0.2) is 0 Å². The molecule has 2 heteroatoms. The molecule has 1 aliphatic heterocycles. The van der Waals surface area contributed by atoms with Crippen LogP contribution in [0.15, 0.2) is 182 Å². The minimum atomic E-state index is 1.18. The Bertz CT molecular complexity index is 2220. The Morgan fingerprint density at radius 2 is 1.09 bits per heavy atom. The molecule has 0 amide bonds. The molecule has 0 unspecified atom stereocenters. The highest BCUT2D eigenvalue weighted by Gasteiger charge is 2.36. The normalized spacial score (nSPS) is 13.6. The van der Waals surface area contributed by atoms with Gasteiger partial charge in [0.1, 0.15) is 0 Å². The molecular weight excluding hydrogens is 544 g/mol. The van der Waals surface area contributed by atoms with Crippen LogP contribution in [-0.2, 0) is 0 Å². The van der Waals surface area contributed by atoms with Crippen molar-refractivity contribution in [2.75, 3.05) is 0 Å². The number of pyridine rings is 2. The zero-order valence-electron chi connectivity index (χ0n) is 24.8. The summed E-state index contributed by atoms with van der Waals surface area (Å²) in [7, 11) is 0. The molecule has 7 aromatic rings. The van der Waals surface area contributed by atoms with Crippen LogP contribution in [0.1, 0.15) is 22.4 Å². The van der Waals surface area contributed by atoms with Crippen molar-refractivity contribution in [1.29, 1.82) is 0 Å². The topological polar surface area (TPSA) is 8.29 Å². The Kier molecular flexibility index (Phi) is 6.86. The molecule has 0 atom stereocenters. The van der Waals surface area contributed by atoms with Gasteiger partial charge in [0.15, 0.2) is 6.20 Å². The van der Waals surface area contributed by atoms with Gasteiger partial charge in [-0.05, 0) is 53.1 Å². The van der Waals surface area contributed by atoms with Gasteiger partial charge in [0.2, 0.25) is 11.4 Å². The maximum atomic E-state index is 2.33. The molecule has 1 aliphatic rings. The summed E-state index contributed by atoms with van der Waals surface area (Å²) in [5, 5.41) is 0. The van der Waals surface area contributed by atoms with Gasteiger partial charge in [0.05, 0.1) is 22.4 Å². The summed E-state index contributed by atoms with van der Waals surface area (Å²) in [6, 6.07) is 55.8. The van der Waals surface area contributed by atoms with Crippen LogP contribution in [0.4, 0.5) is 0 Å². The molecule has 4 aromatic carbocycles. The lowest BCUT2D eigenvalue weighted by Gasteiger charge is -2.08. The lowest BCUT2D eigenvalue weighted by Crippen LogP contribution is -2.33. The molecular formula is C43H31N2+. The Balaban J connectivity index is 1.36. The van der Waals surface area contributed by atoms with E-state index in [2.05, 4.69) is 197 Å². The summed E-state index contributed by atoms with van der Waals surface area (Å²) in [4.78, 5) is 0. The lowest BCUT2D eigenvalue weighted by atomic mass is 9.93. The summed E-state index contributed by atoms with van der Waals surface area (Å²) in [5.74, 6) is 0. The Hall–Kier alpha value is -5.99. The highest BCUT2D eigenvalue weighted by Crippen LogP contribution is 2.42. The minimum absolute atomic E-state index is 1.18. The van der Waals surface area contributed by atoms with Crippen molar-refractivity contribution in [3.05, 3.63) is 205 Å². The van der Waals surface area contributed by atoms with Gasteiger partial charge in [-0.15, -0.1) is 0 Å². The van der Waals surface area contributed by atoms with Crippen LogP contribution < -0.4 is 4.57 Å². The zero-order valence-corrected chi connectivity index (χ0v) is 24.8. The molecule has 0 bridgehead atoms. The standard InChI is InChI=1S/C43H31N2/c1-5-18-32(19-6-1)40-36(38-28-13-15-30-44(38)42(40)34-22-9-3-10-23-34)26-17-27-37-39-29-14-16-31-45(39)43(35-24-11-4-12-25-35)41(37)33-20-7-2-8-21-33/h1-31H/q+1. The van der Waals surface area contributed by atoms with E-state index in [9.17, 15) is 0 Å². The first-order valence-electron chi connectivity index (χ1n) is 15.4. The third kappa shape index (κ3) is 4.74. The smallest absolute Gasteiger partial charge is 0.227 e. The molecule has 0 radical (unpaired) electrons. The fourth-order valence-electron chi connectivity index (χ4n) is 6.60. The Morgan fingerprint density at radius 3 is 1.78 bits per heavy atom. The number of aromatic nitrogens is 2. The molecule has 0 spiro atoms. The molecule has 45 heavy (non-hydrogen) atoms. The first-order valence-corrected chi connectivity index (χ1v) is 15.4. The third-order valence-corrected chi connectivity index (χ3v) is 8.51. The van der Waals surface area contributed by atoms with Crippen molar-refractivity contribution < 1.29 is 4.57 Å². The fraction of sp³-hybridized carbons (Fsp3) is 0. The van der Waals surface area contributed by atoms with Gasteiger partial charge in [0, 0.05) is 35.0 Å². The van der Waals surface area contributed by atoms with Crippen LogP contribution in [-0.4, -0.2) is 4.40 Å². The van der Waals surface area contributed by atoms with Crippen molar-refractivity contribution in [2.45, 2.75) is 0 Å². The van der Waals surface area contributed by atoms with E-state index in [-0.39, 0.29) is 0 Å². The van der Waals surface area contributed by atoms with Crippen molar-refractivity contribution in [3.8, 4) is 22.4 Å². The van der Waals surface area contributed by atoms with Gasteiger partial charge < -0.3 is 4.40 Å². The summed E-state index contributed by atoms with van der Waals surface area (Å²) in [5.41, 5.74) is 14.4. The highest BCUT2D eigenvalue weighted by atomic mass is 15.0. The molecule has 0 aliphatic carbocycles. The molecule has 0 saturated carbocycles. The molecule has 2 nitrogen and oxygen atoms in total. The van der Waals surface area contributed by atoms with Gasteiger partial charge in [-0.3, -0.25) is 0 Å². The van der Waals surface area contributed by atoms with E-state index in [1.807, 2.05) is 0 Å². The van der Waals surface area contributed by atoms with E-state index < -0.39 is 0 Å². The first-order chi connectivity index (χ1) is 22.4. The van der Waals surface area contributed by atoms with Crippen molar-refractivity contribution >= 4 is 28.4 Å². The second-order valence-electron chi connectivity index (χ2n) is 11.2. The van der Waals surface area contributed by atoms with E-state index in [4.69, 9.17) is 0 Å². The molecule has 8 rings (SSSR count). The predicted octanol–water partition coefficient (Wildman–Crippen LogP) is 10.1. The van der Waals surface area contributed by atoms with Crippen molar-refractivity contribution in [1.82, 2.24) is 4.40 Å². The summed E-state index contributed by atoms with van der Waals surface area (Å²) < 4.78 is 4.65. The average Bonchev–Trinajstić information content (AvgIpc) is 3.63. The van der Waals surface area contributed by atoms with E-state index in [0.717, 1.165) is 0 Å². The van der Waals surface area contributed by atoms with Crippen molar-refractivity contribution in [3.63, 3.8) is 0 Å². The van der Waals surface area contributed by atoms with Crippen LogP contribution in [0, 0.1) is 0 Å². The Labute approximate surface area is 263 Å². The largest absolute Gasteiger partial charge is 0.315 e. The van der Waals surface area contributed by atoms with Crippen LogP contribution in [0.2, 0.25) is 0 Å². The second kappa shape index (κ2) is 11.6. The minimum Gasteiger partial charge on any atom is -0.315 e. The lowest BCUT2D eigenvalue weighted by molar-refractivity contribution is -0.578. The Morgan fingerprint density at radius 1 is 0.511 bits per heavy atom.